The van der Waals surface area contributed by atoms with Crippen molar-refractivity contribution in [2.45, 2.75) is 37.6 Å². The van der Waals surface area contributed by atoms with Crippen LogP contribution in [0.1, 0.15) is 33.5 Å². The highest BCUT2D eigenvalue weighted by molar-refractivity contribution is 6.32. The molecule has 11 heteroatoms. The van der Waals surface area contributed by atoms with Crippen molar-refractivity contribution in [3.8, 4) is 5.75 Å². The van der Waals surface area contributed by atoms with Crippen LogP contribution in [0, 0.1) is 29.5 Å². The third-order valence-electron chi connectivity index (χ3n) is 8.60. The van der Waals surface area contributed by atoms with Crippen LogP contribution in [0.2, 0.25) is 0 Å². The SMILES string of the molecule is CN(C)[C@H]1C(=O)C(C(N)=O)C(=O)[C@@]2(O)C(=O)C3C(=O)c4c(O)ccc(CNCc5ccc(F)cc5)c4C[C@H]3C[C@@H]12. The Morgan fingerprint density at radius 1 is 1.07 bits per heavy atom. The first-order valence-corrected chi connectivity index (χ1v) is 13.0. The molecule has 0 saturated heterocycles. The second-order valence-corrected chi connectivity index (χ2v) is 11.1. The molecule has 1 amide bonds. The van der Waals surface area contributed by atoms with E-state index in [-0.39, 0.29) is 30.0 Å². The fourth-order valence-corrected chi connectivity index (χ4v) is 6.78. The molecule has 10 nitrogen and oxygen atoms in total. The molecule has 2 aromatic rings. The third-order valence-corrected chi connectivity index (χ3v) is 8.60. The van der Waals surface area contributed by atoms with Crippen molar-refractivity contribution in [3.05, 3.63) is 64.5 Å². The molecule has 2 unspecified atom stereocenters. The first kappa shape index (κ1) is 27.8. The van der Waals surface area contributed by atoms with Crippen molar-refractivity contribution in [2.75, 3.05) is 14.1 Å². The molecule has 5 rings (SSSR count). The molecule has 0 spiro atoms. The van der Waals surface area contributed by atoms with E-state index in [9.17, 15) is 38.6 Å². The molecule has 2 fully saturated rings. The van der Waals surface area contributed by atoms with Gasteiger partial charge in [0.1, 0.15) is 11.6 Å². The number of aliphatic hydroxyl groups is 1. The molecule has 0 aliphatic heterocycles. The van der Waals surface area contributed by atoms with Crippen molar-refractivity contribution in [1.82, 2.24) is 10.2 Å². The van der Waals surface area contributed by atoms with Gasteiger partial charge in [0.25, 0.3) is 0 Å². The molecule has 3 aliphatic rings. The van der Waals surface area contributed by atoms with Crippen LogP contribution in [-0.2, 0) is 38.7 Å². The van der Waals surface area contributed by atoms with Crippen molar-refractivity contribution < 1.29 is 38.6 Å². The summed E-state index contributed by atoms with van der Waals surface area (Å²) < 4.78 is 13.2. The van der Waals surface area contributed by atoms with Gasteiger partial charge >= 0.3 is 0 Å². The summed E-state index contributed by atoms with van der Waals surface area (Å²) in [5, 5.41) is 25.5. The standard InChI is InChI=1S/C29H30FN3O7/c1-33(2)23-18-10-15-9-17-14(12-32-11-13-3-6-16(30)7-4-13)5-8-19(34)21(17)24(35)20(15)26(37)29(18,40)27(38)22(25(23)36)28(31)39/h3-8,15,18,20,22-23,32,34,40H,9-12H2,1-2H3,(H2,31,39)/t15-,18-,20?,22?,23+,29-/m0/s1. The van der Waals surface area contributed by atoms with Gasteiger partial charge < -0.3 is 21.3 Å². The highest BCUT2D eigenvalue weighted by Gasteiger charge is 2.69. The van der Waals surface area contributed by atoms with Crippen LogP contribution in [0.5, 0.6) is 5.75 Å². The van der Waals surface area contributed by atoms with E-state index in [1.807, 2.05) is 0 Å². The average Bonchev–Trinajstić information content (AvgIpc) is 2.88. The van der Waals surface area contributed by atoms with E-state index >= 15 is 0 Å². The molecule has 5 N–H and O–H groups in total. The normalized spacial score (nSPS) is 29.7. The number of Topliss-reactive ketones (excluding diaryl/α,β-unsaturated/α-hetero) is 4. The predicted octanol–water partition coefficient (Wildman–Crippen LogP) is 0.296. The van der Waals surface area contributed by atoms with Crippen LogP contribution in [0.15, 0.2) is 36.4 Å². The number of primary amides is 1. The van der Waals surface area contributed by atoms with Crippen molar-refractivity contribution in [2.24, 2.45) is 29.4 Å². The minimum Gasteiger partial charge on any atom is -0.507 e. The zero-order valence-corrected chi connectivity index (χ0v) is 22.0. The van der Waals surface area contributed by atoms with Crippen LogP contribution in [0.3, 0.4) is 0 Å². The smallest absolute Gasteiger partial charge is 0.235 e. The van der Waals surface area contributed by atoms with Gasteiger partial charge in [-0.05, 0) is 67.7 Å². The number of fused-ring (bicyclic) bond motifs is 3. The average molecular weight is 552 g/mol. The van der Waals surface area contributed by atoms with E-state index in [1.54, 1.807) is 18.2 Å². The van der Waals surface area contributed by atoms with E-state index in [2.05, 4.69) is 5.32 Å². The molecule has 210 valence electrons. The maximum atomic E-state index is 13.8. The number of phenols is 1. The number of nitrogens with zero attached hydrogens (tertiary/aromatic N) is 1. The van der Waals surface area contributed by atoms with Crippen LogP contribution in [0.25, 0.3) is 0 Å². The summed E-state index contributed by atoms with van der Waals surface area (Å²) in [6, 6.07) is 7.88. The van der Waals surface area contributed by atoms with Crippen LogP contribution < -0.4 is 11.1 Å². The number of rotatable bonds is 6. The van der Waals surface area contributed by atoms with Gasteiger partial charge in [0.05, 0.1) is 17.5 Å². The molecule has 0 radical (unpaired) electrons. The number of likely N-dealkylation sites (N-methyl/N-ethyl adjacent to an activating group) is 1. The van der Waals surface area contributed by atoms with Gasteiger partial charge in [-0.1, -0.05) is 18.2 Å². The minimum atomic E-state index is -2.75. The van der Waals surface area contributed by atoms with Crippen molar-refractivity contribution in [1.29, 1.82) is 0 Å². The van der Waals surface area contributed by atoms with Gasteiger partial charge in [0.2, 0.25) is 5.91 Å². The summed E-state index contributed by atoms with van der Waals surface area (Å²) in [6.45, 7) is 0.725. The summed E-state index contributed by atoms with van der Waals surface area (Å²) >= 11 is 0. The Hall–Kier alpha value is -3.80. The molecule has 6 atom stereocenters. The number of carbonyl (C=O) groups is 5. The lowest BCUT2D eigenvalue weighted by Gasteiger charge is -2.52. The van der Waals surface area contributed by atoms with Crippen LogP contribution >= 0.6 is 0 Å². The Kier molecular flexibility index (Phi) is 6.93. The number of phenolic OH excluding ortho intramolecular Hbond substituents is 1. The molecule has 3 aliphatic carbocycles. The minimum absolute atomic E-state index is 0.0119. The lowest BCUT2D eigenvalue weighted by molar-refractivity contribution is -0.181. The second-order valence-electron chi connectivity index (χ2n) is 11.1. The van der Waals surface area contributed by atoms with Gasteiger partial charge in [-0.2, -0.15) is 0 Å². The zero-order valence-electron chi connectivity index (χ0n) is 22.0. The number of nitrogens with two attached hydrogens (primary N) is 1. The zero-order chi connectivity index (χ0) is 29.1. The Bertz CT molecular complexity index is 1440. The number of carbonyl (C=O) groups excluding carboxylic acids is 5. The molecular formula is C29H30FN3O7. The van der Waals surface area contributed by atoms with E-state index < -0.39 is 64.4 Å². The van der Waals surface area contributed by atoms with Crippen LogP contribution in [-0.4, -0.2) is 69.9 Å². The molecule has 0 bridgehead atoms. The molecule has 2 aromatic carbocycles. The summed E-state index contributed by atoms with van der Waals surface area (Å²) in [5.41, 5.74) is 4.64. The second kappa shape index (κ2) is 9.99. The summed E-state index contributed by atoms with van der Waals surface area (Å²) in [4.78, 5) is 67.6. The monoisotopic (exact) mass is 551 g/mol. The number of amides is 1. The van der Waals surface area contributed by atoms with Gasteiger partial charge in [-0.25, -0.2) is 4.39 Å². The number of benzene rings is 2. The number of hydrogen-bond acceptors (Lipinski definition) is 9. The number of ketones is 4. The Morgan fingerprint density at radius 2 is 1.75 bits per heavy atom. The van der Waals surface area contributed by atoms with Crippen molar-refractivity contribution in [3.63, 3.8) is 0 Å². The number of hydrogen-bond donors (Lipinski definition) is 4. The highest BCUT2D eigenvalue weighted by atomic mass is 19.1. The maximum absolute atomic E-state index is 13.8. The number of halogens is 1. The summed E-state index contributed by atoms with van der Waals surface area (Å²) in [5.74, 6) is -11.1. The Balaban J connectivity index is 1.50. The Morgan fingerprint density at radius 3 is 2.38 bits per heavy atom. The number of aromatic hydroxyl groups is 1. The first-order chi connectivity index (χ1) is 18.9. The molecule has 0 aromatic heterocycles. The lowest BCUT2D eigenvalue weighted by Crippen LogP contribution is -2.74. The molecule has 2 saturated carbocycles. The van der Waals surface area contributed by atoms with Gasteiger partial charge in [0, 0.05) is 19.0 Å². The fraction of sp³-hybridized carbons (Fsp3) is 0.414. The first-order valence-electron chi connectivity index (χ1n) is 13.0. The molecule has 40 heavy (non-hydrogen) atoms. The third kappa shape index (κ3) is 4.16. The van der Waals surface area contributed by atoms with Gasteiger partial charge in [0.15, 0.2) is 34.7 Å². The van der Waals surface area contributed by atoms with E-state index in [1.165, 1.54) is 37.2 Å². The van der Waals surface area contributed by atoms with E-state index in [0.29, 0.717) is 24.2 Å². The number of nitrogens with one attached hydrogen (secondary N) is 1. The topological polar surface area (TPSA) is 167 Å². The predicted molar refractivity (Wildman–Crippen MR) is 138 cm³/mol. The largest absolute Gasteiger partial charge is 0.507 e. The fourth-order valence-electron chi connectivity index (χ4n) is 6.78. The lowest BCUT2D eigenvalue weighted by atomic mass is 9.52. The van der Waals surface area contributed by atoms with E-state index in [0.717, 1.165) is 5.56 Å². The quantitative estimate of drug-likeness (QED) is 0.369. The summed E-state index contributed by atoms with van der Waals surface area (Å²) in [7, 11) is 3.08. The van der Waals surface area contributed by atoms with Crippen molar-refractivity contribution >= 4 is 29.0 Å². The Labute approximate surface area is 229 Å². The van der Waals surface area contributed by atoms with E-state index in [4.69, 9.17) is 5.73 Å². The molecule has 0 heterocycles. The van der Waals surface area contributed by atoms with Gasteiger partial charge in [-0.15, -0.1) is 0 Å². The van der Waals surface area contributed by atoms with Gasteiger partial charge in [-0.3, -0.25) is 28.9 Å². The maximum Gasteiger partial charge on any atom is 0.235 e. The molecular weight excluding hydrogens is 521 g/mol. The summed E-state index contributed by atoms with van der Waals surface area (Å²) in [6.07, 6.45) is 0.176. The highest BCUT2D eigenvalue weighted by Crippen LogP contribution is 2.51. The van der Waals surface area contributed by atoms with Crippen LogP contribution in [0.4, 0.5) is 4.39 Å².